The summed E-state index contributed by atoms with van der Waals surface area (Å²) in [6, 6.07) is 10.3. The number of thioether (sulfide) groups is 1. The maximum atomic E-state index is 10.1. The van der Waals surface area contributed by atoms with Gasteiger partial charge in [-0.15, -0.1) is 18.3 Å². The fourth-order valence-electron chi connectivity index (χ4n) is 1.67. The zero-order chi connectivity index (χ0) is 13.6. The highest BCUT2D eigenvalue weighted by Gasteiger charge is 2.21. The molecular formula is C16H22OS. The highest BCUT2D eigenvalue weighted by Crippen LogP contribution is 2.30. The molecule has 1 nitrogen and oxygen atoms in total. The minimum atomic E-state index is -0.821. The van der Waals surface area contributed by atoms with Crippen LogP contribution in [0.15, 0.2) is 59.5 Å². The predicted octanol–water partition coefficient (Wildman–Crippen LogP) is 4.44. The van der Waals surface area contributed by atoms with Crippen LogP contribution in [0.5, 0.6) is 0 Å². The fourth-order valence-corrected chi connectivity index (χ4v) is 3.10. The van der Waals surface area contributed by atoms with Crippen molar-refractivity contribution in [3.63, 3.8) is 0 Å². The van der Waals surface area contributed by atoms with E-state index in [0.29, 0.717) is 6.42 Å². The number of allylic oxidation sites excluding steroid dienone is 1. The molecule has 18 heavy (non-hydrogen) atoms. The topological polar surface area (TPSA) is 20.2 Å². The van der Waals surface area contributed by atoms with Crippen molar-refractivity contribution in [2.75, 3.05) is 0 Å². The summed E-state index contributed by atoms with van der Waals surface area (Å²) in [7, 11) is 0. The Bertz CT molecular complexity index is 402. The van der Waals surface area contributed by atoms with Gasteiger partial charge in [0.05, 0.1) is 5.60 Å². The quantitative estimate of drug-likeness (QED) is 0.604. The van der Waals surface area contributed by atoms with Crippen molar-refractivity contribution >= 4 is 11.8 Å². The van der Waals surface area contributed by atoms with Crippen molar-refractivity contribution in [3.05, 3.63) is 54.6 Å². The van der Waals surface area contributed by atoms with E-state index in [2.05, 4.69) is 38.6 Å². The first-order valence-corrected chi connectivity index (χ1v) is 7.03. The Morgan fingerprint density at radius 1 is 1.39 bits per heavy atom. The summed E-state index contributed by atoms with van der Waals surface area (Å²) in [6.07, 6.45) is 4.49. The summed E-state index contributed by atoms with van der Waals surface area (Å²) < 4.78 is 0. The van der Waals surface area contributed by atoms with Crippen LogP contribution in [0.3, 0.4) is 0 Å². The molecule has 1 aromatic carbocycles. The van der Waals surface area contributed by atoms with Crippen LogP contribution in [0.1, 0.15) is 27.2 Å². The molecule has 0 aliphatic heterocycles. The van der Waals surface area contributed by atoms with E-state index in [0.717, 1.165) is 0 Å². The lowest BCUT2D eigenvalue weighted by Gasteiger charge is -2.23. The molecule has 0 saturated heterocycles. The van der Waals surface area contributed by atoms with Crippen molar-refractivity contribution in [1.29, 1.82) is 0 Å². The Morgan fingerprint density at radius 3 is 2.50 bits per heavy atom. The molecule has 1 N–H and O–H groups in total. The summed E-state index contributed by atoms with van der Waals surface area (Å²) in [5.41, 5.74) is 0.446. The van der Waals surface area contributed by atoms with Crippen LogP contribution in [0.4, 0.5) is 0 Å². The van der Waals surface area contributed by atoms with Crippen LogP contribution >= 0.6 is 11.8 Å². The molecule has 0 aliphatic carbocycles. The van der Waals surface area contributed by atoms with Crippen LogP contribution in [-0.4, -0.2) is 16.0 Å². The minimum absolute atomic E-state index is 0.255. The van der Waals surface area contributed by atoms with Gasteiger partial charge >= 0.3 is 0 Å². The highest BCUT2D eigenvalue weighted by molar-refractivity contribution is 8.00. The van der Waals surface area contributed by atoms with E-state index in [9.17, 15) is 5.11 Å². The molecule has 1 rings (SSSR count). The average Bonchev–Trinajstić information content (AvgIpc) is 2.29. The Labute approximate surface area is 115 Å². The van der Waals surface area contributed by atoms with Gasteiger partial charge in [-0.3, -0.25) is 0 Å². The molecule has 2 atom stereocenters. The molecule has 98 valence electrons. The van der Waals surface area contributed by atoms with Crippen LogP contribution < -0.4 is 0 Å². The smallest absolute Gasteiger partial charge is 0.0810 e. The minimum Gasteiger partial charge on any atom is -0.386 e. The second-order valence-corrected chi connectivity index (χ2v) is 6.29. The highest BCUT2D eigenvalue weighted by atomic mass is 32.2. The number of hydrogen-bond acceptors (Lipinski definition) is 2. The SMILES string of the molecule is C=CC(C)(O)CC(C=C(C)C)Sc1ccccc1. The Kier molecular flexibility index (Phi) is 5.70. The number of aliphatic hydroxyl groups is 1. The first kappa shape index (κ1) is 15.1. The molecule has 0 aliphatic rings. The zero-order valence-electron chi connectivity index (χ0n) is 11.4. The molecule has 0 fully saturated rings. The van der Waals surface area contributed by atoms with E-state index >= 15 is 0 Å². The van der Waals surface area contributed by atoms with E-state index in [1.54, 1.807) is 24.8 Å². The van der Waals surface area contributed by atoms with Gasteiger partial charge in [0.15, 0.2) is 0 Å². The maximum Gasteiger partial charge on any atom is 0.0810 e. The zero-order valence-corrected chi connectivity index (χ0v) is 12.2. The van der Waals surface area contributed by atoms with Gasteiger partial charge in [0.1, 0.15) is 0 Å². The van der Waals surface area contributed by atoms with Gasteiger partial charge in [0.2, 0.25) is 0 Å². The summed E-state index contributed by atoms with van der Waals surface area (Å²) in [5.74, 6) is 0. The Morgan fingerprint density at radius 2 is 2.00 bits per heavy atom. The molecular weight excluding hydrogens is 240 g/mol. The largest absolute Gasteiger partial charge is 0.386 e. The fraction of sp³-hybridized carbons (Fsp3) is 0.375. The molecule has 2 heteroatoms. The molecule has 0 saturated carbocycles. The van der Waals surface area contributed by atoms with Crippen molar-refractivity contribution in [1.82, 2.24) is 0 Å². The maximum absolute atomic E-state index is 10.1. The second-order valence-electron chi connectivity index (χ2n) is 4.98. The molecule has 0 aromatic heterocycles. The second kappa shape index (κ2) is 6.81. The molecule has 0 spiro atoms. The van der Waals surface area contributed by atoms with E-state index in [1.165, 1.54) is 10.5 Å². The predicted molar refractivity (Wildman–Crippen MR) is 81.0 cm³/mol. The van der Waals surface area contributed by atoms with Gasteiger partial charge in [-0.2, -0.15) is 0 Å². The van der Waals surface area contributed by atoms with Gasteiger partial charge in [-0.25, -0.2) is 0 Å². The monoisotopic (exact) mass is 262 g/mol. The number of benzene rings is 1. The lowest BCUT2D eigenvalue weighted by atomic mass is 9.99. The van der Waals surface area contributed by atoms with Gasteiger partial charge in [0, 0.05) is 10.1 Å². The third-order valence-electron chi connectivity index (χ3n) is 2.60. The van der Waals surface area contributed by atoms with Gasteiger partial charge in [-0.05, 0) is 39.3 Å². The van der Waals surface area contributed by atoms with Crippen molar-refractivity contribution in [3.8, 4) is 0 Å². The number of rotatable bonds is 6. The first-order valence-electron chi connectivity index (χ1n) is 6.15. The van der Waals surface area contributed by atoms with Crippen molar-refractivity contribution in [2.24, 2.45) is 0 Å². The summed E-state index contributed by atoms with van der Waals surface area (Å²) in [5, 5.41) is 10.4. The van der Waals surface area contributed by atoms with Gasteiger partial charge in [-0.1, -0.05) is 35.9 Å². The van der Waals surface area contributed by atoms with E-state index in [-0.39, 0.29) is 5.25 Å². The van der Waals surface area contributed by atoms with Crippen molar-refractivity contribution in [2.45, 2.75) is 42.9 Å². The van der Waals surface area contributed by atoms with Crippen LogP contribution in [-0.2, 0) is 0 Å². The third-order valence-corrected chi connectivity index (χ3v) is 3.75. The summed E-state index contributed by atoms with van der Waals surface area (Å²) in [4.78, 5) is 1.22. The van der Waals surface area contributed by atoms with E-state index in [4.69, 9.17) is 0 Å². The normalized spacial score (nSPS) is 15.6. The Balaban J connectivity index is 2.80. The molecule has 0 radical (unpaired) electrons. The molecule has 0 bridgehead atoms. The lowest BCUT2D eigenvalue weighted by Crippen LogP contribution is -2.25. The van der Waals surface area contributed by atoms with Crippen LogP contribution in [0.2, 0.25) is 0 Å². The third kappa shape index (κ3) is 5.56. The van der Waals surface area contributed by atoms with Crippen LogP contribution in [0.25, 0.3) is 0 Å². The first-order chi connectivity index (χ1) is 8.43. The molecule has 1 aromatic rings. The van der Waals surface area contributed by atoms with Crippen LogP contribution in [0, 0.1) is 0 Å². The van der Waals surface area contributed by atoms with E-state index < -0.39 is 5.60 Å². The standard InChI is InChI=1S/C16H22OS/c1-5-16(4,17)12-15(11-13(2)3)18-14-9-7-6-8-10-14/h5-11,15,17H,1,12H2,2-4H3. The Hall–Kier alpha value is -0.990. The molecule has 2 unspecified atom stereocenters. The van der Waals surface area contributed by atoms with E-state index in [1.807, 2.05) is 18.2 Å². The summed E-state index contributed by atoms with van der Waals surface area (Å²) >= 11 is 1.78. The number of hydrogen-bond donors (Lipinski definition) is 1. The molecule has 0 amide bonds. The molecule has 0 heterocycles. The summed E-state index contributed by atoms with van der Waals surface area (Å²) in [6.45, 7) is 9.66. The van der Waals surface area contributed by atoms with Gasteiger partial charge < -0.3 is 5.11 Å². The lowest BCUT2D eigenvalue weighted by molar-refractivity contribution is 0.105. The van der Waals surface area contributed by atoms with Gasteiger partial charge in [0.25, 0.3) is 0 Å². The van der Waals surface area contributed by atoms with Crippen molar-refractivity contribution < 1.29 is 5.11 Å². The average molecular weight is 262 g/mol.